The third-order valence-corrected chi connectivity index (χ3v) is 3.15. The summed E-state index contributed by atoms with van der Waals surface area (Å²) in [5.74, 6) is 0.375. The topological polar surface area (TPSA) is 23.6 Å². The predicted molar refractivity (Wildman–Crippen MR) is 62.8 cm³/mol. The van der Waals surface area contributed by atoms with Gasteiger partial charge in [0.15, 0.2) is 0 Å². The molecule has 0 spiro atoms. The highest BCUT2D eigenvalue weighted by Gasteiger charge is 2.29. The number of carbonyl (C=O) groups is 1. The molecule has 2 saturated heterocycles. The molecule has 88 valence electrons. The van der Waals surface area contributed by atoms with Gasteiger partial charge in [-0.3, -0.25) is 4.79 Å². The molecule has 0 aromatic carbocycles. The molecule has 2 heterocycles. The van der Waals surface area contributed by atoms with Gasteiger partial charge in [-0.1, -0.05) is 13.8 Å². The predicted octanol–water partition coefficient (Wildman–Crippen LogP) is 1.73. The molecule has 0 aliphatic carbocycles. The molecular formula is C12H24N2O. The lowest BCUT2D eigenvalue weighted by atomic mass is 10.1. The van der Waals surface area contributed by atoms with Crippen molar-refractivity contribution in [3.05, 3.63) is 0 Å². The fraction of sp³-hybridized carbons (Fsp3) is 0.917. The van der Waals surface area contributed by atoms with Crippen molar-refractivity contribution >= 4 is 5.91 Å². The molecule has 1 atom stereocenters. The van der Waals surface area contributed by atoms with Crippen LogP contribution in [0, 0.1) is 0 Å². The zero-order chi connectivity index (χ0) is 11.3. The first-order chi connectivity index (χ1) is 7.27. The van der Waals surface area contributed by atoms with Gasteiger partial charge >= 0.3 is 0 Å². The van der Waals surface area contributed by atoms with E-state index in [4.69, 9.17) is 0 Å². The van der Waals surface area contributed by atoms with Crippen LogP contribution in [0.2, 0.25) is 0 Å². The Bertz CT molecular complexity index is 206. The molecule has 3 nitrogen and oxygen atoms in total. The van der Waals surface area contributed by atoms with Gasteiger partial charge in [-0.05, 0) is 32.9 Å². The third-order valence-electron chi connectivity index (χ3n) is 3.15. The molecule has 15 heavy (non-hydrogen) atoms. The maximum absolute atomic E-state index is 11.5. The van der Waals surface area contributed by atoms with Gasteiger partial charge in [-0.25, -0.2) is 0 Å². The number of piperidine rings is 1. The Morgan fingerprint density at radius 1 is 1.20 bits per heavy atom. The highest BCUT2D eigenvalue weighted by Crippen LogP contribution is 2.20. The van der Waals surface area contributed by atoms with Crippen LogP contribution in [-0.4, -0.2) is 48.4 Å². The molecule has 0 unspecified atom stereocenters. The number of likely N-dealkylation sites (tertiary alicyclic amines) is 2. The van der Waals surface area contributed by atoms with Crippen LogP contribution in [0.4, 0.5) is 0 Å². The van der Waals surface area contributed by atoms with E-state index in [0.717, 1.165) is 25.9 Å². The second kappa shape index (κ2) is 6.11. The molecule has 0 radical (unpaired) electrons. The fourth-order valence-corrected chi connectivity index (χ4v) is 2.45. The number of likely N-dealkylation sites (N-methyl/N-ethyl adjacent to an activating group) is 1. The SMILES string of the molecule is CC.CN1CCC[C@@H](N2CCCC2=O)C1. The minimum absolute atomic E-state index is 0.375. The lowest BCUT2D eigenvalue weighted by Gasteiger charge is -2.35. The maximum atomic E-state index is 11.5. The van der Waals surface area contributed by atoms with Crippen molar-refractivity contribution in [2.45, 2.75) is 45.6 Å². The van der Waals surface area contributed by atoms with Crippen LogP contribution in [0.5, 0.6) is 0 Å². The van der Waals surface area contributed by atoms with Gasteiger partial charge in [-0.15, -0.1) is 0 Å². The molecule has 0 aromatic heterocycles. The van der Waals surface area contributed by atoms with E-state index in [1.807, 2.05) is 13.8 Å². The molecule has 2 aliphatic heterocycles. The highest BCUT2D eigenvalue weighted by atomic mass is 16.2. The number of hydrogen-bond donors (Lipinski definition) is 0. The Labute approximate surface area is 93.4 Å². The van der Waals surface area contributed by atoms with Crippen LogP contribution >= 0.6 is 0 Å². The van der Waals surface area contributed by atoms with E-state index in [-0.39, 0.29) is 0 Å². The van der Waals surface area contributed by atoms with Crippen LogP contribution in [0.1, 0.15) is 39.5 Å². The Hall–Kier alpha value is -0.570. The first-order valence-corrected chi connectivity index (χ1v) is 6.25. The smallest absolute Gasteiger partial charge is 0.222 e. The van der Waals surface area contributed by atoms with Crippen molar-refractivity contribution in [3.63, 3.8) is 0 Å². The molecule has 3 heteroatoms. The Balaban J connectivity index is 0.000000531. The minimum Gasteiger partial charge on any atom is -0.338 e. The van der Waals surface area contributed by atoms with E-state index < -0.39 is 0 Å². The Kier molecular flexibility index (Phi) is 5.09. The number of amides is 1. The standard InChI is InChI=1S/C10H18N2O.C2H6/c1-11-6-2-4-9(8-11)12-7-3-5-10(12)13;1-2/h9H,2-8H2,1H3;1-2H3/t9-;/m1./s1. The first-order valence-electron chi connectivity index (χ1n) is 6.25. The number of carbonyl (C=O) groups excluding carboxylic acids is 1. The fourth-order valence-electron chi connectivity index (χ4n) is 2.45. The van der Waals surface area contributed by atoms with Crippen molar-refractivity contribution < 1.29 is 4.79 Å². The van der Waals surface area contributed by atoms with E-state index in [1.54, 1.807) is 0 Å². The van der Waals surface area contributed by atoms with Gasteiger partial charge in [0.1, 0.15) is 0 Å². The lowest BCUT2D eigenvalue weighted by molar-refractivity contribution is -0.130. The van der Waals surface area contributed by atoms with Crippen molar-refractivity contribution in [3.8, 4) is 0 Å². The second-order valence-electron chi connectivity index (χ2n) is 4.25. The number of nitrogens with zero attached hydrogens (tertiary/aromatic N) is 2. The van der Waals surface area contributed by atoms with Gasteiger partial charge in [0, 0.05) is 25.6 Å². The lowest BCUT2D eigenvalue weighted by Crippen LogP contribution is -2.47. The zero-order valence-corrected chi connectivity index (χ0v) is 10.3. The molecule has 2 rings (SSSR count). The molecular weight excluding hydrogens is 188 g/mol. The third kappa shape index (κ3) is 3.20. The Morgan fingerprint density at radius 3 is 2.47 bits per heavy atom. The average molecular weight is 212 g/mol. The van der Waals surface area contributed by atoms with Crippen LogP contribution in [0.25, 0.3) is 0 Å². The summed E-state index contributed by atoms with van der Waals surface area (Å²) in [5, 5.41) is 0. The normalized spacial score (nSPS) is 27.5. The van der Waals surface area contributed by atoms with E-state index >= 15 is 0 Å². The summed E-state index contributed by atoms with van der Waals surface area (Å²) in [5.41, 5.74) is 0. The van der Waals surface area contributed by atoms with E-state index in [0.29, 0.717) is 11.9 Å². The van der Waals surface area contributed by atoms with Crippen molar-refractivity contribution in [1.29, 1.82) is 0 Å². The summed E-state index contributed by atoms with van der Waals surface area (Å²) in [7, 11) is 2.15. The van der Waals surface area contributed by atoms with Crippen LogP contribution in [0.15, 0.2) is 0 Å². The van der Waals surface area contributed by atoms with Gasteiger partial charge in [0.05, 0.1) is 0 Å². The summed E-state index contributed by atoms with van der Waals surface area (Å²) < 4.78 is 0. The quantitative estimate of drug-likeness (QED) is 0.661. The van der Waals surface area contributed by atoms with Crippen molar-refractivity contribution in [2.24, 2.45) is 0 Å². The van der Waals surface area contributed by atoms with Crippen LogP contribution in [-0.2, 0) is 4.79 Å². The molecule has 0 N–H and O–H groups in total. The average Bonchev–Trinajstić information content (AvgIpc) is 2.67. The monoisotopic (exact) mass is 212 g/mol. The zero-order valence-electron chi connectivity index (χ0n) is 10.3. The van der Waals surface area contributed by atoms with Crippen LogP contribution in [0.3, 0.4) is 0 Å². The molecule has 1 amide bonds. The van der Waals surface area contributed by atoms with Crippen molar-refractivity contribution in [1.82, 2.24) is 9.80 Å². The molecule has 0 aromatic rings. The summed E-state index contributed by atoms with van der Waals surface area (Å²) in [6.45, 7) is 7.27. The minimum atomic E-state index is 0.375. The van der Waals surface area contributed by atoms with E-state index in [1.165, 1.54) is 19.4 Å². The van der Waals surface area contributed by atoms with Gasteiger partial charge < -0.3 is 9.80 Å². The summed E-state index contributed by atoms with van der Waals surface area (Å²) in [6.07, 6.45) is 4.29. The molecule has 0 saturated carbocycles. The van der Waals surface area contributed by atoms with Gasteiger partial charge in [-0.2, -0.15) is 0 Å². The number of hydrogen-bond acceptors (Lipinski definition) is 2. The van der Waals surface area contributed by atoms with Gasteiger partial charge in [0.2, 0.25) is 5.91 Å². The van der Waals surface area contributed by atoms with Gasteiger partial charge in [0.25, 0.3) is 0 Å². The Morgan fingerprint density at radius 2 is 1.93 bits per heavy atom. The highest BCUT2D eigenvalue weighted by molar-refractivity contribution is 5.78. The number of rotatable bonds is 1. The summed E-state index contributed by atoms with van der Waals surface area (Å²) >= 11 is 0. The van der Waals surface area contributed by atoms with E-state index in [9.17, 15) is 4.79 Å². The van der Waals surface area contributed by atoms with Crippen molar-refractivity contribution in [2.75, 3.05) is 26.7 Å². The molecule has 0 bridgehead atoms. The van der Waals surface area contributed by atoms with E-state index in [2.05, 4.69) is 16.8 Å². The molecule has 2 fully saturated rings. The second-order valence-corrected chi connectivity index (χ2v) is 4.25. The first kappa shape index (κ1) is 12.5. The largest absolute Gasteiger partial charge is 0.338 e. The summed E-state index contributed by atoms with van der Waals surface area (Å²) in [4.78, 5) is 15.9. The summed E-state index contributed by atoms with van der Waals surface area (Å²) in [6, 6.07) is 0.508. The maximum Gasteiger partial charge on any atom is 0.222 e. The molecule has 2 aliphatic rings. The van der Waals surface area contributed by atoms with Crippen LogP contribution < -0.4 is 0 Å².